The van der Waals surface area contributed by atoms with Crippen molar-refractivity contribution in [3.05, 3.63) is 29.3 Å². The maximum atomic E-state index is 13.1. The predicted octanol–water partition coefficient (Wildman–Crippen LogP) is 6.27. The lowest BCUT2D eigenvalue weighted by Crippen LogP contribution is -2.54. The Hall–Kier alpha value is -2.91. The molecule has 0 atom stereocenters. The highest BCUT2D eigenvalue weighted by molar-refractivity contribution is 5.95. The summed E-state index contributed by atoms with van der Waals surface area (Å²) >= 11 is 0. The molecule has 0 radical (unpaired) electrons. The molecular weight excluding hydrogens is 589 g/mol. The molecule has 0 unspecified atom stereocenters. The van der Waals surface area contributed by atoms with Crippen molar-refractivity contribution in [3.8, 4) is 5.75 Å². The molecule has 3 aliphatic rings. The van der Waals surface area contributed by atoms with Crippen LogP contribution in [0.3, 0.4) is 0 Å². The van der Waals surface area contributed by atoms with Crippen LogP contribution in [0.25, 0.3) is 0 Å². The number of amides is 2. The molecule has 2 amide bonds. The van der Waals surface area contributed by atoms with E-state index in [1.165, 1.54) is 12.1 Å². The third-order valence-corrected chi connectivity index (χ3v) is 7.97. The Kier molecular flexibility index (Phi) is 9.14. The van der Waals surface area contributed by atoms with Gasteiger partial charge in [0.2, 0.25) is 0 Å². The van der Waals surface area contributed by atoms with Crippen LogP contribution in [-0.4, -0.2) is 89.8 Å². The summed E-state index contributed by atoms with van der Waals surface area (Å²) in [6.45, 7) is 1.25. The topological polar surface area (TPSA) is 62.3 Å². The van der Waals surface area contributed by atoms with Crippen molar-refractivity contribution in [1.82, 2.24) is 14.7 Å². The lowest BCUT2D eigenvalue weighted by molar-refractivity contribution is -0.308. The number of piperidine rings is 2. The number of hydrogen-bond acceptors (Lipinski definition) is 5. The van der Waals surface area contributed by atoms with Gasteiger partial charge in [0.1, 0.15) is 5.75 Å². The number of halogens is 9. The van der Waals surface area contributed by atoms with Crippen molar-refractivity contribution < 1.29 is 58.6 Å². The van der Waals surface area contributed by atoms with E-state index >= 15 is 0 Å². The van der Waals surface area contributed by atoms with Crippen LogP contribution < -0.4 is 4.74 Å². The van der Waals surface area contributed by atoms with Crippen LogP contribution in [-0.2, 0) is 11.3 Å². The zero-order valence-electron chi connectivity index (χ0n) is 22.4. The Morgan fingerprint density at radius 2 is 1.38 bits per heavy atom. The summed E-state index contributed by atoms with van der Waals surface area (Å²) in [5.41, 5.74) is -0.177. The van der Waals surface area contributed by atoms with Gasteiger partial charge in [-0.2, -0.15) is 26.3 Å². The summed E-state index contributed by atoms with van der Waals surface area (Å²) in [7, 11) is 0. The van der Waals surface area contributed by atoms with Gasteiger partial charge in [-0.1, -0.05) is 0 Å². The highest BCUT2D eigenvalue weighted by Gasteiger charge is 2.60. The molecule has 3 heterocycles. The molecule has 42 heavy (non-hydrogen) atoms. The van der Waals surface area contributed by atoms with Crippen LogP contribution in [0.2, 0.25) is 0 Å². The monoisotopic (exact) mass is 619 g/mol. The fourth-order valence-electron chi connectivity index (χ4n) is 5.98. The summed E-state index contributed by atoms with van der Waals surface area (Å²) in [6, 6.07) is 3.74. The van der Waals surface area contributed by atoms with Crippen molar-refractivity contribution in [2.24, 2.45) is 0 Å². The van der Waals surface area contributed by atoms with E-state index in [9.17, 15) is 49.1 Å². The molecule has 1 spiro atoms. The third-order valence-electron chi connectivity index (χ3n) is 7.97. The van der Waals surface area contributed by atoms with Gasteiger partial charge in [-0.3, -0.25) is 9.69 Å². The number of rotatable bonds is 5. The number of alkyl halides is 9. The Labute approximate surface area is 235 Å². The minimum absolute atomic E-state index is 0.0448. The first-order valence-corrected chi connectivity index (χ1v) is 13.5. The van der Waals surface area contributed by atoms with Crippen molar-refractivity contribution in [2.75, 3.05) is 32.7 Å². The van der Waals surface area contributed by atoms with Gasteiger partial charge in [0.05, 0.1) is 0 Å². The second-order valence-corrected chi connectivity index (χ2v) is 10.8. The van der Waals surface area contributed by atoms with Gasteiger partial charge >= 0.3 is 24.8 Å². The highest BCUT2D eigenvalue weighted by atomic mass is 19.4. The molecule has 0 saturated carbocycles. The van der Waals surface area contributed by atoms with Crippen molar-refractivity contribution >= 4 is 12.0 Å². The Balaban J connectivity index is 1.47. The van der Waals surface area contributed by atoms with Crippen LogP contribution >= 0.6 is 0 Å². The number of carbonyl (C=O) groups is 2. The summed E-state index contributed by atoms with van der Waals surface area (Å²) in [4.78, 5) is 29.6. The number of likely N-dealkylation sites (tertiary alicyclic amines) is 3. The lowest BCUT2D eigenvalue weighted by Gasteiger charge is -2.45. The van der Waals surface area contributed by atoms with E-state index in [4.69, 9.17) is 0 Å². The fourth-order valence-corrected chi connectivity index (χ4v) is 5.98. The zero-order chi connectivity index (χ0) is 30.9. The molecular formula is C26H30F9N3O4. The second kappa shape index (κ2) is 12.0. The van der Waals surface area contributed by atoms with Crippen LogP contribution in [0.15, 0.2) is 18.2 Å². The Bertz CT molecular complexity index is 1110. The molecule has 0 N–H and O–H groups in total. The smallest absolute Gasteiger partial charge is 0.426 e. The molecule has 4 rings (SSSR count). The summed E-state index contributed by atoms with van der Waals surface area (Å²) < 4.78 is 124. The predicted molar refractivity (Wildman–Crippen MR) is 128 cm³/mol. The third kappa shape index (κ3) is 7.72. The summed E-state index contributed by atoms with van der Waals surface area (Å²) in [5, 5.41) is 0. The largest absolute Gasteiger partial charge is 0.573 e. The van der Waals surface area contributed by atoms with E-state index in [0.717, 1.165) is 30.2 Å². The SMILES string of the molecule is O=C(OC(C(F)(F)F)C(F)(F)F)N1CCC2(CCCN2Cc2cc(OC(F)(F)F)cc(C(=O)N3CCCCC3)c2)CC1. The first-order valence-electron chi connectivity index (χ1n) is 13.5. The molecule has 3 saturated heterocycles. The van der Waals surface area contributed by atoms with Gasteiger partial charge in [0, 0.05) is 43.8 Å². The van der Waals surface area contributed by atoms with E-state index in [0.29, 0.717) is 38.0 Å². The van der Waals surface area contributed by atoms with Crippen molar-refractivity contribution in [2.45, 2.75) is 81.8 Å². The van der Waals surface area contributed by atoms with E-state index in [1.54, 1.807) is 4.90 Å². The molecule has 1 aromatic rings. The van der Waals surface area contributed by atoms with Gasteiger partial charge < -0.3 is 19.3 Å². The molecule has 16 heteroatoms. The molecule has 0 aromatic heterocycles. The van der Waals surface area contributed by atoms with Crippen LogP contribution in [0.4, 0.5) is 44.3 Å². The molecule has 1 aromatic carbocycles. The van der Waals surface area contributed by atoms with Gasteiger partial charge in [0.15, 0.2) is 0 Å². The number of hydrogen-bond donors (Lipinski definition) is 0. The normalized spacial score (nSPS) is 20.3. The molecule has 7 nitrogen and oxygen atoms in total. The molecule has 3 aliphatic heterocycles. The number of benzene rings is 1. The van der Waals surface area contributed by atoms with E-state index in [1.807, 2.05) is 4.90 Å². The molecule has 0 bridgehead atoms. The quantitative estimate of drug-likeness (QED) is 0.364. The maximum absolute atomic E-state index is 13.1. The Morgan fingerprint density at radius 3 is 1.95 bits per heavy atom. The molecule has 3 fully saturated rings. The van der Waals surface area contributed by atoms with Gasteiger partial charge in [-0.15, -0.1) is 13.2 Å². The minimum Gasteiger partial charge on any atom is -0.426 e. The van der Waals surface area contributed by atoms with Gasteiger partial charge in [-0.05, 0) is 75.3 Å². The standard InChI is InChI=1S/C26H30F9N3O4/c27-24(28,29)21(25(30,31)32)41-22(40)37-11-6-23(7-12-37)5-4-10-38(23)16-17-13-18(15-19(14-17)42-26(33,34)35)20(39)36-8-2-1-3-9-36/h13-15,21H,1-12,16H2. The van der Waals surface area contributed by atoms with Gasteiger partial charge in [-0.25, -0.2) is 4.79 Å². The zero-order valence-corrected chi connectivity index (χ0v) is 22.4. The van der Waals surface area contributed by atoms with Crippen LogP contribution in [0.5, 0.6) is 5.75 Å². The first-order chi connectivity index (χ1) is 19.5. The molecule has 0 aliphatic carbocycles. The second-order valence-electron chi connectivity index (χ2n) is 10.8. The van der Waals surface area contributed by atoms with E-state index in [-0.39, 0.29) is 38.0 Å². The number of nitrogens with zero attached hydrogens (tertiary/aromatic N) is 3. The molecule has 236 valence electrons. The van der Waals surface area contributed by atoms with Gasteiger partial charge in [0.25, 0.3) is 12.0 Å². The van der Waals surface area contributed by atoms with E-state index in [2.05, 4.69) is 9.47 Å². The highest BCUT2D eigenvalue weighted by Crippen LogP contribution is 2.41. The Morgan fingerprint density at radius 1 is 0.762 bits per heavy atom. The maximum Gasteiger partial charge on any atom is 0.573 e. The lowest BCUT2D eigenvalue weighted by atomic mass is 9.85. The van der Waals surface area contributed by atoms with Crippen molar-refractivity contribution in [3.63, 3.8) is 0 Å². The fraction of sp³-hybridized carbons (Fsp3) is 0.692. The average Bonchev–Trinajstić information content (AvgIpc) is 3.26. The average molecular weight is 620 g/mol. The minimum atomic E-state index is -5.83. The van der Waals surface area contributed by atoms with Crippen LogP contribution in [0.1, 0.15) is 60.9 Å². The summed E-state index contributed by atoms with van der Waals surface area (Å²) in [5.74, 6) is -0.961. The number of ether oxygens (including phenoxy) is 2. The van der Waals surface area contributed by atoms with E-state index < -0.39 is 48.1 Å². The van der Waals surface area contributed by atoms with Crippen molar-refractivity contribution in [1.29, 1.82) is 0 Å². The summed E-state index contributed by atoms with van der Waals surface area (Å²) in [6.07, 6.45) is -18.4. The first kappa shape index (κ1) is 32.0. The number of carbonyl (C=O) groups excluding carboxylic acids is 2. The van der Waals surface area contributed by atoms with Crippen LogP contribution in [0, 0.1) is 0 Å².